The Balaban J connectivity index is 1.42. The van der Waals surface area contributed by atoms with Gasteiger partial charge in [0.25, 0.3) is 0 Å². The molecule has 0 saturated carbocycles. The van der Waals surface area contributed by atoms with Gasteiger partial charge in [0.05, 0.1) is 11.4 Å². The number of rotatable bonds is 3. The van der Waals surface area contributed by atoms with Crippen LogP contribution in [0.2, 0.25) is 0 Å². The second kappa shape index (κ2) is 12.7. The molecule has 6 N–H and O–H groups in total. The summed E-state index contributed by atoms with van der Waals surface area (Å²) in [6.45, 7) is 0. The lowest BCUT2D eigenvalue weighted by molar-refractivity contribution is 1.04. The van der Waals surface area contributed by atoms with Gasteiger partial charge >= 0.3 is 0 Å². The largest absolute Gasteiger partial charge is 0.326 e. The molecule has 246 valence electrons. The van der Waals surface area contributed by atoms with Crippen molar-refractivity contribution in [2.45, 2.75) is 0 Å². The van der Waals surface area contributed by atoms with Crippen molar-refractivity contribution in [1.82, 2.24) is 36.9 Å². The van der Waals surface area contributed by atoms with E-state index in [0.717, 1.165) is 0 Å². The third-order valence-electron chi connectivity index (χ3n) is 7.49. The predicted molar refractivity (Wildman–Crippen MR) is 180 cm³/mol. The van der Waals surface area contributed by atoms with Crippen LogP contribution in [-0.4, -0.2) is 40.0 Å². The minimum atomic E-state index is -0.275. The van der Waals surface area contributed by atoms with Gasteiger partial charge in [-0.05, 0) is 12.1 Å². The highest BCUT2D eigenvalue weighted by Gasteiger charge is 2.32. The van der Waals surface area contributed by atoms with Crippen molar-refractivity contribution < 1.29 is 0 Å². The minimum Gasteiger partial charge on any atom is -0.326 e. The summed E-state index contributed by atoms with van der Waals surface area (Å²) in [5.41, 5.74) is -1.88. The maximum Gasteiger partial charge on any atom is 0.176 e. The molecule has 6 aliphatic heterocycles. The van der Waals surface area contributed by atoms with Crippen molar-refractivity contribution in [2.75, 3.05) is 0 Å². The summed E-state index contributed by atoms with van der Waals surface area (Å²) >= 11 is 0. The van der Waals surface area contributed by atoms with E-state index >= 15 is 0 Å². The quantitative estimate of drug-likeness (QED) is 0.215. The lowest BCUT2D eigenvalue weighted by Gasteiger charge is -2.15. The molecule has 0 aliphatic carbocycles. The number of aromatic nitrogens is 1. The van der Waals surface area contributed by atoms with Crippen LogP contribution in [0.1, 0.15) is 17.0 Å². The molecule has 0 fully saturated rings. The van der Waals surface area contributed by atoms with E-state index < -0.39 is 0 Å². The van der Waals surface area contributed by atoms with E-state index in [2.05, 4.69) is 66.8 Å². The average molecular weight is 701 g/mol. The van der Waals surface area contributed by atoms with Crippen LogP contribution in [0.3, 0.4) is 0 Å². The van der Waals surface area contributed by atoms with Gasteiger partial charge in [-0.2, -0.15) is 47.4 Å². The van der Waals surface area contributed by atoms with Crippen molar-refractivity contribution >= 4 is 51.7 Å². The van der Waals surface area contributed by atoms with Crippen LogP contribution in [0, 0.1) is 102 Å². The second-order valence-electron chi connectivity index (χ2n) is 10.5. The van der Waals surface area contributed by atoms with Crippen molar-refractivity contribution in [3.05, 3.63) is 80.7 Å². The SMILES string of the molecule is N#CC1=C(C#N)NC2=NC(=C(C#N)c3cc(C(C#N)=C4N=C5NC(C#N)=C(C#N)NC5=N4)nc(C(C#N)=C4N=C5NC(C#N)=C(C#N)NC5=N4)c3)N=C2N1. The van der Waals surface area contributed by atoms with E-state index in [1.165, 1.54) is 12.1 Å². The van der Waals surface area contributed by atoms with Gasteiger partial charge in [-0.3, -0.25) is 0 Å². The van der Waals surface area contributed by atoms with Gasteiger partial charge in [0.2, 0.25) is 0 Å². The molecule has 1 aromatic rings. The first kappa shape index (κ1) is 32.4. The number of nitrogens with zero attached hydrogens (tertiary/aromatic N) is 16. The van der Waals surface area contributed by atoms with Gasteiger partial charge in [0.1, 0.15) is 71.3 Å². The molecule has 0 aromatic carbocycles. The number of pyridine rings is 1. The molecule has 0 atom stereocenters. The maximum absolute atomic E-state index is 10.4. The first-order valence-electron chi connectivity index (χ1n) is 14.5. The third kappa shape index (κ3) is 5.19. The molecule has 0 bridgehead atoms. The molecule has 0 amide bonds. The molecule has 22 heteroatoms. The van der Waals surface area contributed by atoms with Crippen LogP contribution in [0.15, 0.2) is 93.7 Å². The number of nitriles is 9. The number of amidine groups is 6. The van der Waals surface area contributed by atoms with Gasteiger partial charge in [0.15, 0.2) is 86.7 Å². The summed E-state index contributed by atoms with van der Waals surface area (Å²) in [7, 11) is 0. The Morgan fingerprint density at radius 3 is 0.833 bits per heavy atom. The van der Waals surface area contributed by atoms with Crippen molar-refractivity contribution in [3.8, 4) is 54.6 Å². The lowest BCUT2D eigenvalue weighted by Crippen LogP contribution is -2.43. The maximum atomic E-state index is 10.4. The standard InChI is InChI=1S/C32H8N22/c33-3-13(24-49-27-28(50-24)44-19(7-37)18(6-36)43-27)12-1-16(14(4-34)25-51-29-30(52-25)46-21(9-39)20(8-38)45-29)42-17(2-12)15(5-35)26-53-31-32(54-26)48-23(11-41)22(10-40)47-31/h1-2H,(H,43,49)(H,44,50)(H,45,51)(H,46,52)(H,47,53)(H,48,54). The van der Waals surface area contributed by atoms with E-state index in [4.69, 9.17) is 0 Å². The molecular weight excluding hydrogens is 693 g/mol. The highest BCUT2D eigenvalue weighted by atomic mass is 15.3. The first-order chi connectivity index (χ1) is 26.3. The van der Waals surface area contributed by atoms with E-state index in [-0.39, 0.29) is 120 Å². The topological polar surface area (TPSA) is 373 Å². The molecule has 0 radical (unpaired) electrons. The second-order valence-corrected chi connectivity index (χ2v) is 10.5. The van der Waals surface area contributed by atoms with Gasteiger partial charge in [-0.15, -0.1) is 0 Å². The zero-order chi connectivity index (χ0) is 38.1. The number of aliphatic imine (C=N–C) groups is 6. The molecule has 0 unspecified atom stereocenters. The molecule has 22 nitrogen and oxygen atoms in total. The smallest absolute Gasteiger partial charge is 0.176 e. The average Bonchev–Trinajstić information content (AvgIpc) is 3.92. The Bertz CT molecular complexity index is 2440. The van der Waals surface area contributed by atoms with Gasteiger partial charge in [0, 0.05) is 5.56 Å². The van der Waals surface area contributed by atoms with E-state index in [1.807, 2.05) is 54.6 Å². The summed E-state index contributed by atoms with van der Waals surface area (Å²) in [6, 6.07) is 19.6. The molecule has 0 saturated heterocycles. The van der Waals surface area contributed by atoms with Gasteiger partial charge < -0.3 is 31.9 Å². The number of hydrogen-bond acceptors (Lipinski definition) is 22. The van der Waals surface area contributed by atoms with E-state index in [9.17, 15) is 47.4 Å². The summed E-state index contributed by atoms with van der Waals surface area (Å²) in [5, 5.41) is 104. The van der Waals surface area contributed by atoms with Crippen molar-refractivity contribution in [3.63, 3.8) is 0 Å². The van der Waals surface area contributed by atoms with Crippen LogP contribution in [0.4, 0.5) is 0 Å². The highest BCUT2D eigenvalue weighted by Crippen LogP contribution is 2.32. The number of hydrogen-bond donors (Lipinski definition) is 6. The van der Waals surface area contributed by atoms with Crippen LogP contribution in [0.5, 0.6) is 0 Å². The molecule has 0 spiro atoms. The zero-order valence-electron chi connectivity index (χ0n) is 26.3. The van der Waals surface area contributed by atoms with Crippen LogP contribution >= 0.6 is 0 Å². The van der Waals surface area contributed by atoms with Crippen molar-refractivity contribution in [1.29, 1.82) is 47.4 Å². The number of nitrogens with one attached hydrogen (secondary N) is 6. The van der Waals surface area contributed by atoms with Crippen molar-refractivity contribution in [2.24, 2.45) is 30.0 Å². The Labute approximate surface area is 301 Å². The van der Waals surface area contributed by atoms with Crippen LogP contribution < -0.4 is 31.9 Å². The summed E-state index contributed by atoms with van der Waals surface area (Å²) < 4.78 is 0. The van der Waals surface area contributed by atoms with Crippen LogP contribution in [0.25, 0.3) is 16.7 Å². The molecule has 1 aromatic heterocycles. The van der Waals surface area contributed by atoms with E-state index in [1.54, 1.807) is 0 Å². The van der Waals surface area contributed by atoms with Crippen LogP contribution in [-0.2, 0) is 0 Å². The molecule has 54 heavy (non-hydrogen) atoms. The Morgan fingerprint density at radius 2 is 0.611 bits per heavy atom. The summed E-state index contributed by atoms with van der Waals surface area (Å²) in [6.07, 6.45) is 0. The van der Waals surface area contributed by atoms with Gasteiger partial charge in [-0.1, -0.05) is 0 Å². The molecular formula is C32H8N22. The predicted octanol–water partition coefficient (Wildman–Crippen LogP) is -0.555. The highest BCUT2D eigenvalue weighted by molar-refractivity contribution is 6.45. The fraction of sp³-hybridized carbons (Fsp3) is 0. The monoisotopic (exact) mass is 700 g/mol. The minimum absolute atomic E-state index is 0.0222. The first-order valence-corrected chi connectivity index (χ1v) is 14.5. The molecule has 7 heterocycles. The zero-order valence-corrected chi connectivity index (χ0v) is 26.3. The van der Waals surface area contributed by atoms with Gasteiger partial charge in [-0.25, -0.2) is 34.9 Å². The summed E-state index contributed by atoms with van der Waals surface area (Å²) in [4.78, 5) is 30.4. The fourth-order valence-electron chi connectivity index (χ4n) is 5.09. The Hall–Kier alpha value is -10.2. The number of allylic oxidation sites excluding steroid dienone is 9. The fourth-order valence-corrected chi connectivity index (χ4v) is 5.09. The molecule has 6 aliphatic rings. The normalized spacial score (nSPS) is 16.8. The number of fused-ring (bicyclic) bond motifs is 3. The Morgan fingerprint density at radius 1 is 0.370 bits per heavy atom. The Kier molecular flexibility index (Phi) is 7.61. The third-order valence-corrected chi connectivity index (χ3v) is 7.49. The van der Waals surface area contributed by atoms with E-state index in [0.29, 0.717) is 0 Å². The lowest BCUT2D eigenvalue weighted by atomic mass is 10.0. The molecule has 7 rings (SSSR count). The summed E-state index contributed by atoms with van der Waals surface area (Å²) in [5.74, 6) is -0.456.